The van der Waals surface area contributed by atoms with Crippen LogP contribution in [0.5, 0.6) is 0 Å². The highest BCUT2D eigenvalue weighted by atomic mass is 32.2. The van der Waals surface area contributed by atoms with Gasteiger partial charge in [0.2, 0.25) is 10.0 Å². The van der Waals surface area contributed by atoms with E-state index in [0.717, 1.165) is 51.1 Å². The van der Waals surface area contributed by atoms with Gasteiger partial charge in [0.25, 0.3) is 0 Å². The zero-order valence-corrected chi connectivity index (χ0v) is 16.9. The second kappa shape index (κ2) is 8.59. The molecule has 150 valence electrons. The standard InChI is InChI=1S/C21H28N4O2S/c26-28(27,25-13-4-5-14-25)20-10-11-21(22-15-20)23-19-9-6-12-24(17-19)16-18-7-2-1-3-8-18/h1-3,7-8,10-11,15,19H,4-6,9,12-14,16-17H2,(H,22,23). The highest BCUT2D eigenvalue weighted by Crippen LogP contribution is 2.22. The van der Waals surface area contributed by atoms with Gasteiger partial charge in [0.05, 0.1) is 0 Å². The summed E-state index contributed by atoms with van der Waals surface area (Å²) in [6.07, 6.45) is 5.61. The summed E-state index contributed by atoms with van der Waals surface area (Å²) in [7, 11) is -3.40. The van der Waals surface area contributed by atoms with Crippen molar-refractivity contribution in [3.8, 4) is 0 Å². The number of hydrogen-bond donors (Lipinski definition) is 1. The van der Waals surface area contributed by atoms with Crippen molar-refractivity contribution in [2.24, 2.45) is 0 Å². The lowest BCUT2D eigenvalue weighted by molar-refractivity contribution is 0.208. The van der Waals surface area contributed by atoms with Gasteiger partial charge in [-0.2, -0.15) is 4.31 Å². The Balaban J connectivity index is 1.36. The fourth-order valence-electron chi connectivity index (χ4n) is 4.06. The zero-order chi connectivity index (χ0) is 19.4. The summed E-state index contributed by atoms with van der Waals surface area (Å²) in [5, 5.41) is 3.48. The van der Waals surface area contributed by atoms with Gasteiger partial charge in [-0.15, -0.1) is 0 Å². The summed E-state index contributed by atoms with van der Waals surface area (Å²) in [4.78, 5) is 7.13. The van der Waals surface area contributed by atoms with Crippen LogP contribution in [0.3, 0.4) is 0 Å². The monoisotopic (exact) mass is 400 g/mol. The highest BCUT2D eigenvalue weighted by Gasteiger charge is 2.27. The van der Waals surface area contributed by atoms with Crippen LogP contribution >= 0.6 is 0 Å². The van der Waals surface area contributed by atoms with Crippen molar-refractivity contribution in [2.75, 3.05) is 31.5 Å². The number of pyridine rings is 1. The summed E-state index contributed by atoms with van der Waals surface area (Å²) < 4.78 is 26.8. The zero-order valence-electron chi connectivity index (χ0n) is 16.1. The molecule has 1 atom stereocenters. The molecule has 7 heteroatoms. The molecule has 2 aliphatic heterocycles. The maximum atomic E-state index is 12.6. The van der Waals surface area contributed by atoms with Gasteiger partial charge in [-0.3, -0.25) is 4.90 Å². The van der Waals surface area contributed by atoms with Gasteiger partial charge in [-0.05, 0) is 49.9 Å². The van der Waals surface area contributed by atoms with E-state index in [1.54, 1.807) is 16.4 Å². The van der Waals surface area contributed by atoms with Crippen molar-refractivity contribution in [1.82, 2.24) is 14.2 Å². The molecule has 0 aliphatic carbocycles. The summed E-state index contributed by atoms with van der Waals surface area (Å²) >= 11 is 0. The fraction of sp³-hybridized carbons (Fsp3) is 0.476. The molecule has 3 heterocycles. The molecule has 0 amide bonds. The molecule has 4 rings (SSSR count). The Labute approximate surface area is 167 Å². The Hall–Kier alpha value is -1.96. The molecule has 0 radical (unpaired) electrons. The number of nitrogens with one attached hydrogen (secondary N) is 1. The molecule has 1 unspecified atom stereocenters. The van der Waals surface area contributed by atoms with Gasteiger partial charge in [0.1, 0.15) is 10.7 Å². The topological polar surface area (TPSA) is 65.5 Å². The first-order valence-electron chi connectivity index (χ1n) is 10.1. The van der Waals surface area contributed by atoms with E-state index in [0.29, 0.717) is 19.1 Å². The average molecular weight is 401 g/mol. The lowest BCUT2D eigenvalue weighted by Crippen LogP contribution is -2.41. The Bertz CT molecular complexity index is 865. The maximum Gasteiger partial charge on any atom is 0.244 e. The molecular weight excluding hydrogens is 372 g/mol. The number of rotatable bonds is 6. The van der Waals surface area contributed by atoms with Crippen molar-refractivity contribution in [2.45, 2.75) is 43.2 Å². The molecule has 2 fully saturated rings. The van der Waals surface area contributed by atoms with Crippen LogP contribution in [0.4, 0.5) is 5.82 Å². The minimum atomic E-state index is -3.40. The molecule has 0 saturated carbocycles. The number of anilines is 1. The molecule has 2 saturated heterocycles. The smallest absolute Gasteiger partial charge is 0.244 e. The van der Waals surface area contributed by atoms with Crippen molar-refractivity contribution in [3.63, 3.8) is 0 Å². The van der Waals surface area contributed by atoms with Crippen LogP contribution in [-0.2, 0) is 16.6 Å². The average Bonchev–Trinajstić information content (AvgIpc) is 3.25. The van der Waals surface area contributed by atoms with Crippen molar-refractivity contribution < 1.29 is 8.42 Å². The first-order chi connectivity index (χ1) is 13.6. The third-order valence-corrected chi connectivity index (χ3v) is 7.43. The van der Waals surface area contributed by atoms with Gasteiger partial charge in [0, 0.05) is 38.4 Å². The van der Waals surface area contributed by atoms with E-state index >= 15 is 0 Å². The van der Waals surface area contributed by atoms with Crippen LogP contribution in [0.2, 0.25) is 0 Å². The maximum absolute atomic E-state index is 12.6. The minimum absolute atomic E-state index is 0.286. The van der Waals surface area contributed by atoms with Crippen LogP contribution in [0, 0.1) is 0 Å². The van der Waals surface area contributed by atoms with Crippen molar-refractivity contribution in [3.05, 3.63) is 54.2 Å². The van der Waals surface area contributed by atoms with Crippen LogP contribution < -0.4 is 5.32 Å². The molecule has 28 heavy (non-hydrogen) atoms. The van der Waals surface area contributed by atoms with Crippen LogP contribution in [-0.4, -0.2) is 54.8 Å². The first kappa shape index (κ1) is 19.4. The molecule has 1 aromatic heterocycles. The van der Waals surface area contributed by atoms with E-state index in [9.17, 15) is 8.42 Å². The predicted molar refractivity (Wildman–Crippen MR) is 111 cm³/mol. The van der Waals surface area contributed by atoms with E-state index in [1.807, 2.05) is 6.07 Å². The molecule has 0 spiro atoms. The number of benzene rings is 1. The van der Waals surface area contributed by atoms with Gasteiger partial charge < -0.3 is 5.32 Å². The van der Waals surface area contributed by atoms with E-state index in [1.165, 1.54) is 11.8 Å². The third-order valence-electron chi connectivity index (χ3n) is 5.55. The van der Waals surface area contributed by atoms with Crippen molar-refractivity contribution >= 4 is 15.8 Å². The number of aromatic nitrogens is 1. The molecule has 6 nitrogen and oxygen atoms in total. The predicted octanol–water partition coefficient (Wildman–Crippen LogP) is 2.94. The Morgan fingerprint density at radius 3 is 2.50 bits per heavy atom. The fourth-order valence-corrected chi connectivity index (χ4v) is 5.53. The number of piperidine rings is 1. The SMILES string of the molecule is O=S(=O)(c1ccc(NC2CCCN(Cc3ccccc3)C2)nc1)N1CCCC1. The van der Waals surface area contributed by atoms with E-state index in [2.05, 4.69) is 39.5 Å². The number of likely N-dealkylation sites (tertiary alicyclic amines) is 1. The number of nitrogens with zero attached hydrogens (tertiary/aromatic N) is 3. The molecular formula is C21H28N4O2S. The lowest BCUT2D eigenvalue weighted by atomic mass is 10.0. The Morgan fingerprint density at radius 2 is 1.79 bits per heavy atom. The summed E-state index contributed by atoms with van der Waals surface area (Å²) in [6, 6.07) is 14.3. The van der Waals surface area contributed by atoms with Crippen LogP contribution in [0.15, 0.2) is 53.6 Å². The van der Waals surface area contributed by atoms with Gasteiger partial charge >= 0.3 is 0 Å². The normalized spacial score (nSPS) is 21.6. The Kier molecular flexibility index (Phi) is 5.94. The molecule has 0 bridgehead atoms. The number of hydrogen-bond acceptors (Lipinski definition) is 5. The largest absolute Gasteiger partial charge is 0.366 e. The molecule has 2 aromatic rings. The summed E-state index contributed by atoms with van der Waals surface area (Å²) in [5.74, 6) is 0.743. The highest BCUT2D eigenvalue weighted by molar-refractivity contribution is 7.89. The second-order valence-corrected chi connectivity index (χ2v) is 9.63. The van der Waals surface area contributed by atoms with Gasteiger partial charge in [-0.1, -0.05) is 30.3 Å². The Morgan fingerprint density at radius 1 is 1.00 bits per heavy atom. The molecule has 1 N–H and O–H groups in total. The molecule has 2 aliphatic rings. The van der Waals surface area contributed by atoms with E-state index in [-0.39, 0.29) is 4.90 Å². The van der Waals surface area contributed by atoms with E-state index < -0.39 is 10.0 Å². The quantitative estimate of drug-likeness (QED) is 0.808. The number of sulfonamides is 1. The minimum Gasteiger partial charge on any atom is -0.366 e. The third kappa shape index (κ3) is 4.54. The second-order valence-electron chi connectivity index (χ2n) is 7.69. The first-order valence-corrected chi connectivity index (χ1v) is 11.5. The van der Waals surface area contributed by atoms with E-state index in [4.69, 9.17) is 0 Å². The van der Waals surface area contributed by atoms with Crippen LogP contribution in [0.25, 0.3) is 0 Å². The van der Waals surface area contributed by atoms with Gasteiger partial charge in [0.15, 0.2) is 0 Å². The van der Waals surface area contributed by atoms with Crippen molar-refractivity contribution in [1.29, 1.82) is 0 Å². The molecule has 1 aromatic carbocycles. The van der Waals surface area contributed by atoms with Crippen LogP contribution in [0.1, 0.15) is 31.2 Å². The lowest BCUT2D eigenvalue weighted by Gasteiger charge is -2.33. The summed E-state index contributed by atoms with van der Waals surface area (Å²) in [6.45, 7) is 4.25. The summed E-state index contributed by atoms with van der Waals surface area (Å²) in [5.41, 5.74) is 1.33. The van der Waals surface area contributed by atoms with Gasteiger partial charge in [-0.25, -0.2) is 13.4 Å².